The zero-order valence-corrected chi connectivity index (χ0v) is 16.1. The highest BCUT2D eigenvalue weighted by Crippen LogP contribution is 2.25. The first-order valence-electron chi connectivity index (χ1n) is 7.16. The Morgan fingerprint density at radius 3 is 2.71 bits per heavy atom. The third kappa shape index (κ3) is 3.81. The molecule has 1 amide bonds. The smallest absolute Gasteiger partial charge is 0.234 e. The zero-order chi connectivity index (χ0) is 17.1. The lowest BCUT2D eigenvalue weighted by molar-refractivity contribution is -0.113. The Morgan fingerprint density at radius 2 is 2.04 bits per heavy atom. The Morgan fingerprint density at radius 1 is 1.29 bits per heavy atom. The fourth-order valence-corrected chi connectivity index (χ4v) is 3.22. The molecule has 124 valence electrons. The molecule has 0 saturated carbocycles. The van der Waals surface area contributed by atoms with Gasteiger partial charge in [0.05, 0.1) is 17.6 Å². The number of carbonyl (C=O) groups is 1. The molecule has 0 unspecified atom stereocenters. The Kier molecular flexibility index (Phi) is 5.24. The molecule has 6 nitrogen and oxygen atoms in total. The summed E-state index contributed by atoms with van der Waals surface area (Å²) in [6.45, 7) is 1.88. The molecule has 8 heteroatoms. The molecule has 0 fully saturated rings. The minimum atomic E-state index is -0.0785. The minimum absolute atomic E-state index is 0.0785. The Bertz CT molecular complexity index is 857. The predicted molar refractivity (Wildman–Crippen MR) is 102 cm³/mol. The van der Waals surface area contributed by atoms with Crippen molar-refractivity contribution in [3.8, 4) is 11.4 Å². The maximum atomic E-state index is 12.1. The van der Waals surface area contributed by atoms with Crippen LogP contribution in [0.25, 0.3) is 11.4 Å². The average molecular weight is 454 g/mol. The average Bonchev–Trinajstić information content (AvgIpc) is 3.13. The number of aryl methyl sites for hydroxylation is 1. The summed E-state index contributed by atoms with van der Waals surface area (Å²) in [5.41, 5.74) is 1.69. The molecule has 1 N–H and O–H groups in total. The van der Waals surface area contributed by atoms with Crippen LogP contribution in [-0.4, -0.2) is 26.4 Å². The van der Waals surface area contributed by atoms with Gasteiger partial charge >= 0.3 is 0 Å². The van der Waals surface area contributed by atoms with Crippen LogP contribution < -0.4 is 5.32 Å². The largest absolute Gasteiger partial charge is 0.469 e. The molecule has 2 heterocycles. The van der Waals surface area contributed by atoms with E-state index >= 15 is 0 Å². The van der Waals surface area contributed by atoms with Gasteiger partial charge in [0.1, 0.15) is 5.76 Å². The van der Waals surface area contributed by atoms with Crippen molar-refractivity contribution in [2.24, 2.45) is 7.05 Å². The maximum absolute atomic E-state index is 12.1. The molecule has 24 heavy (non-hydrogen) atoms. The molecule has 0 bridgehead atoms. The van der Waals surface area contributed by atoms with Crippen LogP contribution in [0.4, 0.5) is 5.69 Å². The molecule has 2 aromatic heterocycles. The van der Waals surface area contributed by atoms with E-state index in [0.717, 1.165) is 26.4 Å². The van der Waals surface area contributed by atoms with Crippen LogP contribution in [0.1, 0.15) is 5.76 Å². The van der Waals surface area contributed by atoms with E-state index in [4.69, 9.17) is 4.42 Å². The number of halogens is 1. The van der Waals surface area contributed by atoms with Crippen molar-refractivity contribution in [1.29, 1.82) is 0 Å². The second kappa shape index (κ2) is 7.39. The molecular formula is C16H15IN4O2S. The van der Waals surface area contributed by atoms with Crippen molar-refractivity contribution >= 4 is 45.9 Å². The predicted octanol–water partition coefficient (Wildman–Crippen LogP) is 3.72. The number of aromatic nitrogens is 3. The van der Waals surface area contributed by atoms with Crippen LogP contribution in [-0.2, 0) is 11.8 Å². The highest BCUT2D eigenvalue weighted by atomic mass is 127. The van der Waals surface area contributed by atoms with Gasteiger partial charge in [0.2, 0.25) is 5.91 Å². The second-order valence-corrected chi connectivity index (χ2v) is 7.29. The quantitative estimate of drug-likeness (QED) is 0.470. The second-order valence-electron chi connectivity index (χ2n) is 5.10. The SMILES string of the molecule is Cc1occc1-c1nnc(SCC(=O)Nc2ccc(I)cc2)n1C. The molecule has 0 aliphatic rings. The van der Waals surface area contributed by atoms with E-state index in [0.29, 0.717) is 5.16 Å². The van der Waals surface area contributed by atoms with Gasteiger partial charge < -0.3 is 14.3 Å². The van der Waals surface area contributed by atoms with Gasteiger partial charge in [-0.2, -0.15) is 0 Å². The van der Waals surface area contributed by atoms with Gasteiger partial charge in [-0.25, -0.2) is 0 Å². The fraction of sp³-hybridized carbons (Fsp3) is 0.188. The standard InChI is InChI=1S/C16H15IN4O2S/c1-10-13(7-8-23-10)15-19-20-16(21(15)2)24-9-14(22)18-12-5-3-11(17)4-6-12/h3-8H,9H2,1-2H3,(H,18,22). The molecule has 0 spiro atoms. The number of thioether (sulfide) groups is 1. The van der Waals surface area contributed by atoms with E-state index < -0.39 is 0 Å². The lowest BCUT2D eigenvalue weighted by Crippen LogP contribution is -2.14. The van der Waals surface area contributed by atoms with Crippen molar-refractivity contribution < 1.29 is 9.21 Å². The summed E-state index contributed by atoms with van der Waals surface area (Å²) in [5.74, 6) is 1.70. The van der Waals surface area contributed by atoms with Crippen LogP contribution in [0, 0.1) is 10.5 Å². The molecule has 0 atom stereocenters. The minimum Gasteiger partial charge on any atom is -0.469 e. The van der Waals surface area contributed by atoms with Gasteiger partial charge in [0.25, 0.3) is 0 Å². The molecule has 0 aliphatic heterocycles. The third-order valence-corrected chi connectivity index (χ3v) is 5.13. The number of nitrogens with one attached hydrogen (secondary N) is 1. The van der Waals surface area contributed by atoms with Crippen LogP contribution in [0.5, 0.6) is 0 Å². The van der Waals surface area contributed by atoms with E-state index in [1.807, 2.05) is 48.9 Å². The van der Waals surface area contributed by atoms with Gasteiger partial charge in [-0.15, -0.1) is 10.2 Å². The number of carbonyl (C=O) groups excluding carboxylic acids is 1. The van der Waals surface area contributed by atoms with Crippen molar-refractivity contribution in [3.63, 3.8) is 0 Å². The first kappa shape index (κ1) is 17.0. The lowest BCUT2D eigenvalue weighted by atomic mass is 10.2. The number of hydrogen-bond acceptors (Lipinski definition) is 5. The Labute approximate surface area is 157 Å². The Hall–Kier alpha value is -1.81. The van der Waals surface area contributed by atoms with Crippen molar-refractivity contribution in [1.82, 2.24) is 14.8 Å². The van der Waals surface area contributed by atoms with Gasteiger partial charge in [0, 0.05) is 16.3 Å². The summed E-state index contributed by atoms with van der Waals surface area (Å²) in [6.07, 6.45) is 1.63. The van der Waals surface area contributed by atoms with Crippen molar-refractivity contribution in [2.75, 3.05) is 11.1 Å². The van der Waals surface area contributed by atoms with Crippen molar-refractivity contribution in [2.45, 2.75) is 12.1 Å². The number of anilines is 1. The van der Waals surface area contributed by atoms with Crippen LogP contribution in [0.2, 0.25) is 0 Å². The summed E-state index contributed by atoms with van der Waals surface area (Å²) in [4.78, 5) is 12.1. The normalized spacial score (nSPS) is 10.8. The summed E-state index contributed by atoms with van der Waals surface area (Å²) in [6, 6.07) is 9.52. The maximum Gasteiger partial charge on any atom is 0.234 e. The molecule has 3 rings (SSSR count). The van der Waals surface area contributed by atoms with Gasteiger partial charge in [-0.05, 0) is 59.8 Å². The Balaban J connectivity index is 1.63. The number of rotatable bonds is 5. The van der Waals surface area contributed by atoms with Crippen LogP contribution in [0.15, 0.2) is 46.2 Å². The first-order chi connectivity index (χ1) is 11.5. The molecule has 1 aromatic carbocycles. The van der Waals surface area contributed by atoms with E-state index in [1.54, 1.807) is 6.26 Å². The van der Waals surface area contributed by atoms with Gasteiger partial charge in [0.15, 0.2) is 11.0 Å². The van der Waals surface area contributed by atoms with Crippen LogP contribution >= 0.6 is 34.4 Å². The topological polar surface area (TPSA) is 72.9 Å². The number of hydrogen-bond donors (Lipinski definition) is 1. The molecule has 0 saturated heterocycles. The first-order valence-corrected chi connectivity index (χ1v) is 9.23. The van der Waals surface area contributed by atoms with Crippen molar-refractivity contribution in [3.05, 3.63) is 45.9 Å². The number of amides is 1. The van der Waals surface area contributed by atoms with E-state index in [9.17, 15) is 4.79 Å². The lowest BCUT2D eigenvalue weighted by Gasteiger charge is -2.05. The monoisotopic (exact) mass is 454 g/mol. The molecule has 3 aromatic rings. The molecule has 0 radical (unpaired) electrons. The van der Waals surface area contributed by atoms with Gasteiger partial charge in [-0.3, -0.25) is 4.79 Å². The summed E-state index contributed by atoms with van der Waals surface area (Å²) >= 11 is 3.57. The number of benzene rings is 1. The van der Waals surface area contributed by atoms with E-state index in [2.05, 4.69) is 38.1 Å². The number of furan rings is 1. The highest BCUT2D eigenvalue weighted by Gasteiger charge is 2.15. The number of nitrogens with zero attached hydrogens (tertiary/aromatic N) is 3. The summed E-state index contributed by atoms with van der Waals surface area (Å²) in [5, 5.41) is 11.9. The van der Waals surface area contributed by atoms with Gasteiger partial charge in [-0.1, -0.05) is 11.8 Å². The van der Waals surface area contributed by atoms with E-state index in [-0.39, 0.29) is 11.7 Å². The van der Waals surface area contributed by atoms with Crippen LogP contribution in [0.3, 0.4) is 0 Å². The fourth-order valence-electron chi connectivity index (χ4n) is 2.15. The third-order valence-electron chi connectivity index (χ3n) is 3.39. The molecular weight excluding hydrogens is 439 g/mol. The summed E-state index contributed by atoms with van der Waals surface area (Å²) in [7, 11) is 1.88. The molecule has 0 aliphatic carbocycles. The van der Waals surface area contributed by atoms with E-state index in [1.165, 1.54) is 11.8 Å². The highest BCUT2D eigenvalue weighted by molar-refractivity contribution is 14.1. The summed E-state index contributed by atoms with van der Waals surface area (Å²) < 4.78 is 8.29. The zero-order valence-electron chi connectivity index (χ0n) is 13.1.